The smallest absolute Gasteiger partial charge is 0.320 e. The topological polar surface area (TPSA) is 49.3 Å². The van der Waals surface area contributed by atoms with Crippen LogP contribution in [0.1, 0.15) is 6.42 Å². The standard InChI is InChI=1S/C5H8ClNO2/c6-3-1-4(5(8)9)7-2-3/h3-4,7H,1-2H2,(H,8,9)/t3-,4+/m1/s1. The third kappa shape index (κ3) is 1.56. The lowest BCUT2D eigenvalue weighted by atomic mass is 10.2. The summed E-state index contributed by atoms with van der Waals surface area (Å²) in [6.45, 7) is 0.610. The number of nitrogens with one attached hydrogen (secondary N) is 1. The number of alkyl halides is 1. The molecule has 0 aliphatic carbocycles. The second-order valence-corrected chi connectivity index (χ2v) is 2.75. The van der Waals surface area contributed by atoms with Crippen molar-refractivity contribution >= 4 is 17.6 Å². The van der Waals surface area contributed by atoms with E-state index in [1.54, 1.807) is 0 Å². The van der Waals surface area contributed by atoms with E-state index in [2.05, 4.69) is 5.32 Å². The molecule has 0 radical (unpaired) electrons. The van der Waals surface area contributed by atoms with E-state index in [1.165, 1.54) is 0 Å². The van der Waals surface area contributed by atoms with Crippen LogP contribution < -0.4 is 5.32 Å². The van der Waals surface area contributed by atoms with Crippen molar-refractivity contribution in [3.63, 3.8) is 0 Å². The Hall–Kier alpha value is -0.280. The Morgan fingerprint density at radius 1 is 1.78 bits per heavy atom. The molecule has 2 N–H and O–H groups in total. The van der Waals surface area contributed by atoms with Crippen LogP contribution in [0.3, 0.4) is 0 Å². The molecule has 9 heavy (non-hydrogen) atoms. The average molecular weight is 150 g/mol. The van der Waals surface area contributed by atoms with Gasteiger partial charge in [-0.25, -0.2) is 0 Å². The van der Waals surface area contributed by atoms with E-state index in [0.717, 1.165) is 0 Å². The lowest BCUT2D eigenvalue weighted by Crippen LogP contribution is -2.29. The first-order valence-corrected chi connectivity index (χ1v) is 3.24. The van der Waals surface area contributed by atoms with Crippen molar-refractivity contribution in [2.75, 3.05) is 6.54 Å². The highest BCUT2D eigenvalue weighted by molar-refractivity contribution is 6.21. The van der Waals surface area contributed by atoms with Gasteiger partial charge in [0.05, 0.1) is 0 Å². The van der Waals surface area contributed by atoms with E-state index >= 15 is 0 Å². The highest BCUT2D eigenvalue weighted by Gasteiger charge is 2.27. The highest BCUT2D eigenvalue weighted by atomic mass is 35.5. The van der Waals surface area contributed by atoms with Gasteiger partial charge in [0.1, 0.15) is 6.04 Å². The van der Waals surface area contributed by atoms with Crippen molar-refractivity contribution in [3.05, 3.63) is 0 Å². The maximum Gasteiger partial charge on any atom is 0.320 e. The number of halogens is 1. The van der Waals surface area contributed by atoms with Gasteiger partial charge in [-0.05, 0) is 6.42 Å². The quantitative estimate of drug-likeness (QED) is 0.518. The fourth-order valence-electron chi connectivity index (χ4n) is 0.881. The van der Waals surface area contributed by atoms with Crippen LogP contribution in [0.5, 0.6) is 0 Å². The van der Waals surface area contributed by atoms with Crippen LogP contribution in [-0.2, 0) is 4.79 Å². The molecule has 0 saturated carbocycles. The van der Waals surface area contributed by atoms with Crippen LogP contribution in [0.15, 0.2) is 0 Å². The van der Waals surface area contributed by atoms with Crippen molar-refractivity contribution in [3.8, 4) is 0 Å². The molecular weight excluding hydrogens is 142 g/mol. The number of hydrogen-bond donors (Lipinski definition) is 2. The minimum Gasteiger partial charge on any atom is -0.480 e. The Kier molecular flexibility index (Phi) is 1.93. The molecule has 0 amide bonds. The van der Waals surface area contributed by atoms with Crippen molar-refractivity contribution in [1.82, 2.24) is 5.32 Å². The summed E-state index contributed by atoms with van der Waals surface area (Å²) in [5.74, 6) is -0.807. The number of carboxylic acid groups (broad SMARTS) is 1. The maximum absolute atomic E-state index is 10.2. The third-order valence-corrected chi connectivity index (χ3v) is 1.71. The summed E-state index contributed by atoms with van der Waals surface area (Å²) in [5, 5.41) is 11.2. The van der Waals surface area contributed by atoms with Crippen LogP contribution in [0.4, 0.5) is 0 Å². The van der Waals surface area contributed by atoms with Gasteiger partial charge in [-0.15, -0.1) is 11.6 Å². The molecule has 1 aliphatic heterocycles. The van der Waals surface area contributed by atoms with Gasteiger partial charge in [0.2, 0.25) is 0 Å². The van der Waals surface area contributed by atoms with Gasteiger partial charge >= 0.3 is 5.97 Å². The SMILES string of the molecule is O=C(O)[C@@H]1C[C@@H](Cl)CN1. The summed E-state index contributed by atoms with van der Waals surface area (Å²) in [6.07, 6.45) is 0.539. The third-order valence-electron chi connectivity index (χ3n) is 1.38. The predicted molar refractivity (Wildman–Crippen MR) is 33.7 cm³/mol. The van der Waals surface area contributed by atoms with Gasteiger partial charge in [-0.3, -0.25) is 4.79 Å². The summed E-state index contributed by atoms with van der Waals surface area (Å²) in [4.78, 5) is 10.2. The molecular formula is C5H8ClNO2. The summed E-state index contributed by atoms with van der Waals surface area (Å²) < 4.78 is 0. The zero-order valence-electron chi connectivity index (χ0n) is 4.80. The van der Waals surface area contributed by atoms with Crippen molar-refractivity contribution in [2.24, 2.45) is 0 Å². The molecule has 52 valence electrons. The summed E-state index contributed by atoms with van der Waals surface area (Å²) in [6, 6.07) is -0.424. The van der Waals surface area contributed by atoms with Gasteiger partial charge < -0.3 is 10.4 Å². The molecule has 2 atom stereocenters. The van der Waals surface area contributed by atoms with E-state index < -0.39 is 12.0 Å². The van der Waals surface area contributed by atoms with Crippen LogP contribution in [0.25, 0.3) is 0 Å². The minimum atomic E-state index is -0.807. The zero-order chi connectivity index (χ0) is 6.85. The van der Waals surface area contributed by atoms with Crippen LogP contribution in [0, 0.1) is 0 Å². The van der Waals surface area contributed by atoms with E-state index in [4.69, 9.17) is 16.7 Å². The lowest BCUT2D eigenvalue weighted by molar-refractivity contribution is -0.139. The summed E-state index contributed by atoms with van der Waals surface area (Å²) >= 11 is 5.63. The van der Waals surface area contributed by atoms with Gasteiger partial charge in [-0.2, -0.15) is 0 Å². The molecule has 0 spiro atoms. The molecule has 0 aromatic carbocycles. The Bertz CT molecular complexity index is 128. The van der Waals surface area contributed by atoms with Gasteiger partial charge in [0, 0.05) is 11.9 Å². The molecule has 1 heterocycles. The lowest BCUT2D eigenvalue weighted by Gasteiger charge is -1.99. The van der Waals surface area contributed by atoms with Crippen molar-refractivity contribution < 1.29 is 9.90 Å². The maximum atomic E-state index is 10.2. The highest BCUT2D eigenvalue weighted by Crippen LogP contribution is 2.11. The number of rotatable bonds is 1. The average Bonchev–Trinajstić information content (AvgIpc) is 2.14. The number of hydrogen-bond acceptors (Lipinski definition) is 2. The van der Waals surface area contributed by atoms with E-state index in [1.807, 2.05) is 0 Å². The Labute approximate surface area is 58.0 Å². The number of aliphatic carboxylic acids is 1. The number of carbonyl (C=O) groups is 1. The predicted octanol–water partition coefficient (Wildman–Crippen LogP) is 0.0403. The second kappa shape index (κ2) is 2.54. The summed E-state index contributed by atoms with van der Waals surface area (Å²) in [7, 11) is 0. The molecule has 1 aliphatic rings. The van der Waals surface area contributed by atoms with Gasteiger partial charge in [-0.1, -0.05) is 0 Å². The largest absolute Gasteiger partial charge is 0.480 e. The second-order valence-electron chi connectivity index (χ2n) is 2.13. The zero-order valence-corrected chi connectivity index (χ0v) is 5.56. The minimum absolute atomic E-state index is 0.00824. The molecule has 1 rings (SSSR count). The fourth-order valence-corrected chi connectivity index (χ4v) is 1.15. The molecule has 0 bridgehead atoms. The Morgan fingerprint density at radius 3 is 2.67 bits per heavy atom. The molecule has 1 saturated heterocycles. The number of carboxylic acids is 1. The summed E-state index contributed by atoms with van der Waals surface area (Å²) in [5.41, 5.74) is 0. The van der Waals surface area contributed by atoms with Gasteiger partial charge in [0.25, 0.3) is 0 Å². The molecule has 0 unspecified atom stereocenters. The molecule has 4 heteroatoms. The molecule has 3 nitrogen and oxygen atoms in total. The first kappa shape index (κ1) is 6.83. The fraction of sp³-hybridized carbons (Fsp3) is 0.800. The van der Waals surface area contributed by atoms with Crippen LogP contribution >= 0.6 is 11.6 Å². The van der Waals surface area contributed by atoms with Gasteiger partial charge in [0.15, 0.2) is 0 Å². The van der Waals surface area contributed by atoms with Crippen LogP contribution in [0.2, 0.25) is 0 Å². The normalized spacial score (nSPS) is 34.8. The first-order valence-electron chi connectivity index (χ1n) is 2.80. The Morgan fingerprint density at radius 2 is 2.44 bits per heavy atom. The van der Waals surface area contributed by atoms with E-state index in [-0.39, 0.29) is 5.38 Å². The first-order chi connectivity index (χ1) is 4.20. The van der Waals surface area contributed by atoms with Crippen molar-refractivity contribution in [2.45, 2.75) is 17.8 Å². The molecule has 0 aromatic rings. The van der Waals surface area contributed by atoms with E-state index in [0.29, 0.717) is 13.0 Å². The van der Waals surface area contributed by atoms with Crippen molar-refractivity contribution in [1.29, 1.82) is 0 Å². The monoisotopic (exact) mass is 149 g/mol. The Balaban J connectivity index is 2.39. The van der Waals surface area contributed by atoms with Crippen LogP contribution in [-0.4, -0.2) is 29.0 Å². The van der Waals surface area contributed by atoms with E-state index in [9.17, 15) is 4.79 Å². The molecule has 1 fully saturated rings. The molecule has 0 aromatic heterocycles.